The van der Waals surface area contributed by atoms with Gasteiger partial charge in [0.1, 0.15) is 5.82 Å². The first-order chi connectivity index (χ1) is 17.0. The number of nitrogens with zero attached hydrogens (tertiary/aromatic N) is 5. The molecule has 0 amide bonds. The topological polar surface area (TPSA) is 79.6 Å². The predicted molar refractivity (Wildman–Crippen MR) is 139 cm³/mol. The first-order valence-electron chi connectivity index (χ1n) is 11.6. The summed E-state index contributed by atoms with van der Waals surface area (Å²) in [5.74, 6) is 2.07. The first-order valence-corrected chi connectivity index (χ1v) is 11.6. The zero-order chi connectivity index (χ0) is 24.4. The number of aromatic nitrogens is 4. The summed E-state index contributed by atoms with van der Waals surface area (Å²) in [5, 5.41) is 11.1. The molecule has 5 rings (SSSR count). The fourth-order valence-corrected chi connectivity index (χ4v) is 4.33. The molecule has 0 bridgehead atoms. The van der Waals surface area contributed by atoms with Crippen LogP contribution in [0.5, 0.6) is 5.75 Å². The van der Waals surface area contributed by atoms with Crippen molar-refractivity contribution in [3.05, 3.63) is 96.1 Å². The van der Waals surface area contributed by atoms with Crippen molar-refractivity contribution < 1.29 is 4.74 Å². The zero-order valence-electron chi connectivity index (χ0n) is 20.1. The maximum Gasteiger partial charge on any atom is 0.174 e. The van der Waals surface area contributed by atoms with E-state index in [1.54, 1.807) is 19.4 Å². The van der Waals surface area contributed by atoms with Crippen molar-refractivity contribution in [3.8, 4) is 5.75 Å². The Labute approximate surface area is 205 Å². The van der Waals surface area contributed by atoms with E-state index in [9.17, 15) is 0 Å². The van der Waals surface area contributed by atoms with Gasteiger partial charge in [0, 0.05) is 55.1 Å². The van der Waals surface area contributed by atoms with Gasteiger partial charge in [0.25, 0.3) is 0 Å². The first kappa shape index (κ1) is 22.6. The molecule has 4 aromatic rings. The number of pyridine rings is 1. The average molecular weight is 468 g/mol. The van der Waals surface area contributed by atoms with E-state index in [2.05, 4.69) is 59.0 Å². The van der Waals surface area contributed by atoms with Gasteiger partial charge in [0.15, 0.2) is 17.2 Å². The Morgan fingerprint density at radius 1 is 1.20 bits per heavy atom. The van der Waals surface area contributed by atoms with E-state index in [1.807, 2.05) is 28.8 Å². The third-order valence-corrected chi connectivity index (χ3v) is 6.09. The largest absolute Gasteiger partial charge is 0.493 e. The molecule has 0 unspecified atom stereocenters. The lowest BCUT2D eigenvalue weighted by Gasteiger charge is -2.25. The van der Waals surface area contributed by atoms with Gasteiger partial charge in [-0.2, -0.15) is 5.10 Å². The molecule has 8 nitrogen and oxygen atoms in total. The second kappa shape index (κ2) is 9.60. The number of methoxy groups -OCH3 is 1. The third kappa shape index (κ3) is 4.88. The lowest BCUT2D eigenvalue weighted by molar-refractivity contribution is 0.308. The van der Waals surface area contributed by atoms with E-state index >= 15 is 0 Å². The van der Waals surface area contributed by atoms with Gasteiger partial charge in [-0.15, -0.1) is 0 Å². The Hall–Kier alpha value is -4.17. The monoisotopic (exact) mass is 467 g/mol. The van der Waals surface area contributed by atoms with Crippen molar-refractivity contribution in [2.45, 2.75) is 19.4 Å². The van der Waals surface area contributed by atoms with Gasteiger partial charge in [-0.1, -0.05) is 25.3 Å². The summed E-state index contributed by atoms with van der Waals surface area (Å²) in [5.41, 5.74) is 6.92. The summed E-state index contributed by atoms with van der Waals surface area (Å²) in [6.07, 6.45) is 5.04. The van der Waals surface area contributed by atoms with E-state index in [-0.39, 0.29) is 0 Å². The molecule has 0 atom stereocenters. The average Bonchev–Trinajstić information content (AvgIpc) is 3.33. The van der Waals surface area contributed by atoms with Crippen molar-refractivity contribution in [1.82, 2.24) is 24.5 Å². The SMILES string of the molecule is C=CC(=C)Nc1cccc(Cc2cc(Nc3nc4c(cc3OC)CN(C)CC4)nc3ccnn23)c1. The number of rotatable bonds is 8. The summed E-state index contributed by atoms with van der Waals surface area (Å²) in [4.78, 5) is 11.9. The van der Waals surface area contributed by atoms with Crippen LogP contribution in [0.2, 0.25) is 0 Å². The molecule has 8 heteroatoms. The highest BCUT2D eigenvalue weighted by atomic mass is 16.5. The van der Waals surface area contributed by atoms with Gasteiger partial charge >= 0.3 is 0 Å². The van der Waals surface area contributed by atoms with Crippen LogP contribution in [-0.4, -0.2) is 45.2 Å². The molecule has 0 saturated heterocycles. The number of ether oxygens (including phenoxy) is 1. The molecule has 4 heterocycles. The van der Waals surface area contributed by atoms with Gasteiger partial charge in [-0.3, -0.25) is 0 Å². The molecular formula is C27H29N7O. The molecule has 0 fully saturated rings. The predicted octanol–water partition coefficient (Wildman–Crippen LogP) is 4.57. The molecule has 178 valence electrons. The van der Waals surface area contributed by atoms with Gasteiger partial charge in [-0.05, 0) is 42.4 Å². The van der Waals surface area contributed by atoms with Gasteiger partial charge in [0.2, 0.25) is 0 Å². The summed E-state index contributed by atoms with van der Waals surface area (Å²) in [6, 6.07) is 14.2. The third-order valence-electron chi connectivity index (χ3n) is 6.09. The molecule has 0 aliphatic carbocycles. The fraction of sp³-hybridized carbons (Fsp3) is 0.222. The van der Waals surface area contributed by atoms with Crippen LogP contribution in [0, 0.1) is 0 Å². The number of hydrogen-bond donors (Lipinski definition) is 2. The minimum Gasteiger partial charge on any atom is -0.493 e. The van der Waals surface area contributed by atoms with Gasteiger partial charge in [0.05, 0.1) is 19.0 Å². The van der Waals surface area contributed by atoms with Crippen molar-refractivity contribution >= 4 is 23.0 Å². The number of benzene rings is 1. The number of fused-ring (bicyclic) bond motifs is 2. The number of hydrogen-bond acceptors (Lipinski definition) is 7. The summed E-state index contributed by atoms with van der Waals surface area (Å²) in [6.45, 7) is 9.55. The molecule has 3 aromatic heterocycles. The lowest BCUT2D eigenvalue weighted by Crippen LogP contribution is -2.27. The van der Waals surface area contributed by atoms with E-state index in [1.165, 1.54) is 5.56 Å². The van der Waals surface area contributed by atoms with Gasteiger partial charge < -0.3 is 20.3 Å². The molecule has 0 spiro atoms. The van der Waals surface area contributed by atoms with Crippen LogP contribution in [0.4, 0.5) is 17.3 Å². The van der Waals surface area contributed by atoms with Crippen molar-refractivity contribution in [3.63, 3.8) is 0 Å². The van der Waals surface area contributed by atoms with Crippen molar-refractivity contribution in [1.29, 1.82) is 0 Å². The highest BCUT2D eigenvalue weighted by molar-refractivity contribution is 5.63. The van der Waals surface area contributed by atoms with Crippen LogP contribution in [-0.2, 0) is 19.4 Å². The zero-order valence-corrected chi connectivity index (χ0v) is 20.1. The molecule has 2 N–H and O–H groups in total. The molecular weight excluding hydrogens is 438 g/mol. The van der Waals surface area contributed by atoms with E-state index in [4.69, 9.17) is 14.7 Å². The normalized spacial score (nSPS) is 13.3. The smallest absolute Gasteiger partial charge is 0.174 e. The number of anilines is 3. The van der Waals surface area contributed by atoms with E-state index < -0.39 is 0 Å². The number of likely N-dealkylation sites (N-methyl/N-ethyl adjacent to an activating group) is 1. The molecule has 1 aliphatic rings. The van der Waals surface area contributed by atoms with Crippen LogP contribution < -0.4 is 15.4 Å². The van der Waals surface area contributed by atoms with Crippen LogP contribution in [0.25, 0.3) is 5.65 Å². The van der Waals surface area contributed by atoms with Crippen LogP contribution in [0.1, 0.15) is 22.5 Å². The second-order valence-electron chi connectivity index (χ2n) is 8.72. The van der Waals surface area contributed by atoms with E-state index in [0.29, 0.717) is 23.8 Å². The second-order valence-corrected chi connectivity index (χ2v) is 8.72. The maximum absolute atomic E-state index is 5.66. The molecule has 1 aromatic carbocycles. The molecule has 35 heavy (non-hydrogen) atoms. The quantitative estimate of drug-likeness (QED) is 0.368. The molecule has 1 aliphatic heterocycles. The van der Waals surface area contributed by atoms with Gasteiger partial charge in [-0.25, -0.2) is 14.5 Å². The lowest BCUT2D eigenvalue weighted by atomic mass is 10.1. The summed E-state index contributed by atoms with van der Waals surface area (Å²) in [7, 11) is 3.79. The van der Waals surface area contributed by atoms with E-state index in [0.717, 1.165) is 53.5 Å². The van der Waals surface area contributed by atoms with Crippen LogP contribution in [0.3, 0.4) is 0 Å². The summed E-state index contributed by atoms with van der Waals surface area (Å²) < 4.78 is 7.52. The standard InChI is InChI=1S/C27H29N7O/c1-5-18(2)29-21-8-6-7-19(13-21)14-22-16-25(31-26-9-11-28-34(22)26)32-27-24(35-4)15-20-17-33(3)12-10-23(20)30-27/h5-9,11,13,15-16,29H,1-2,10,12,14,17H2,3-4H3,(H,30,31,32). The Bertz CT molecular complexity index is 1410. The Balaban J connectivity index is 1.46. The minimum absolute atomic E-state index is 0.673. The van der Waals surface area contributed by atoms with Crippen molar-refractivity contribution in [2.75, 3.05) is 31.3 Å². The highest BCUT2D eigenvalue weighted by Gasteiger charge is 2.19. The minimum atomic E-state index is 0.673. The maximum atomic E-state index is 5.66. The van der Waals surface area contributed by atoms with Crippen LogP contribution in [0.15, 0.2) is 73.6 Å². The molecule has 0 radical (unpaired) electrons. The Morgan fingerprint density at radius 3 is 2.91 bits per heavy atom. The summed E-state index contributed by atoms with van der Waals surface area (Å²) >= 11 is 0. The van der Waals surface area contributed by atoms with Crippen molar-refractivity contribution in [2.24, 2.45) is 0 Å². The Kier molecular flexibility index (Phi) is 6.20. The fourth-order valence-electron chi connectivity index (χ4n) is 4.33. The number of allylic oxidation sites excluding steroid dienone is 1. The molecule has 0 saturated carbocycles. The highest BCUT2D eigenvalue weighted by Crippen LogP contribution is 2.30. The Morgan fingerprint density at radius 2 is 2.09 bits per heavy atom. The van der Waals surface area contributed by atoms with Crippen LogP contribution >= 0.6 is 0 Å². The number of nitrogens with one attached hydrogen (secondary N) is 2.